The van der Waals surface area contributed by atoms with Gasteiger partial charge in [-0.2, -0.15) is 0 Å². The summed E-state index contributed by atoms with van der Waals surface area (Å²) in [7, 11) is 0. The van der Waals surface area contributed by atoms with E-state index >= 15 is 0 Å². The van der Waals surface area contributed by atoms with Crippen LogP contribution in [0.2, 0.25) is 0 Å². The molecule has 0 saturated carbocycles. The van der Waals surface area contributed by atoms with Crippen molar-refractivity contribution < 1.29 is 39.0 Å². The van der Waals surface area contributed by atoms with Crippen LogP contribution in [0.25, 0.3) is 0 Å². The third kappa shape index (κ3) is 9.57. The van der Waals surface area contributed by atoms with Crippen LogP contribution >= 0.6 is 0 Å². The first-order chi connectivity index (χ1) is 0. The summed E-state index contributed by atoms with van der Waals surface area (Å²) in [5, 5.41) is 0. The van der Waals surface area contributed by atoms with Gasteiger partial charge in [-0.3, -0.25) is 0 Å². The standard InChI is InChI=1S/Li.Mn.Ni.H2O.H/h;;;1H2;. The van der Waals surface area contributed by atoms with Crippen molar-refractivity contribution in [2.45, 2.75) is 0 Å². The van der Waals surface area contributed by atoms with E-state index in [-0.39, 0.29) is 57.9 Å². The molecule has 1 nitrogen and oxygen atoms in total. The Labute approximate surface area is 57.8 Å². The number of hydrogen-bond acceptors (Lipinski definition) is 0. The molecule has 1 radical (unpaired) electrons. The molecule has 4 heavy (non-hydrogen) atoms. The maximum atomic E-state index is 0. The van der Waals surface area contributed by atoms with Crippen LogP contribution < -0.4 is 0 Å². The molecule has 0 atom stereocenters. The normalized spacial score (nSPS) is 0. The van der Waals surface area contributed by atoms with E-state index < -0.39 is 0 Å². The first-order valence-electron chi connectivity index (χ1n) is 0. The Morgan fingerprint density at radius 3 is 1.00 bits per heavy atom. The average molecular weight is 140 g/mol. The zero-order valence-corrected chi connectivity index (χ0v) is 3.36. The van der Waals surface area contributed by atoms with E-state index in [1.807, 2.05) is 0 Å². The van der Waals surface area contributed by atoms with Crippen molar-refractivity contribution in [3.63, 3.8) is 0 Å². The molecule has 0 bridgehead atoms. The van der Waals surface area contributed by atoms with Crippen molar-refractivity contribution in [2.75, 3.05) is 0 Å². The van der Waals surface area contributed by atoms with E-state index in [4.69, 9.17) is 0 Å². The monoisotopic (exact) mass is 139 g/mol. The van der Waals surface area contributed by atoms with Gasteiger partial charge in [0.2, 0.25) is 0 Å². The molecule has 0 unspecified atom stereocenters. The Balaban J connectivity index is 0. The van der Waals surface area contributed by atoms with E-state index in [1.165, 1.54) is 0 Å². The first kappa shape index (κ1) is 47.2. The van der Waals surface area contributed by atoms with E-state index in [0.29, 0.717) is 0 Å². The third-order valence-electron chi connectivity index (χ3n) is 0. The number of hydrogen-bond donors (Lipinski definition) is 0. The summed E-state index contributed by atoms with van der Waals surface area (Å²) in [6.07, 6.45) is 0. The van der Waals surface area contributed by atoms with Gasteiger partial charge in [-0.25, -0.2) is 0 Å². The van der Waals surface area contributed by atoms with E-state index in [2.05, 4.69) is 0 Å². The molecule has 0 spiro atoms. The molecule has 0 saturated heterocycles. The van der Waals surface area contributed by atoms with Gasteiger partial charge in [-0.1, -0.05) is 0 Å². The van der Waals surface area contributed by atoms with Gasteiger partial charge >= 0.3 is 18.9 Å². The summed E-state index contributed by atoms with van der Waals surface area (Å²) in [4.78, 5) is 0. The second kappa shape index (κ2) is 23.6. The van der Waals surface area contributed by atoms with Gasteiger partial charge in [-0.05, 0) is 0 Å². The molecule has 27 valence electrons. The molecule has 0 rings (SSSR count). The molecule has 0 fully saturated rings. The molecular weight excluding hydrogens is 137 g/mol. The summed E-state index contributed by atoms with van der Waals surface area (Å²) < 4.78 is 0. The van der Waals surface area contributed by atoms with E-state index in [9.17, 15) is 0 Å². The molecular formula is H3LiMnNiO. The van der Waals surface area contributed by atoms with Crippen LogP contribution in [0.5, 0.6) is 0 Å². The molecule has 0 aromatic rings. The predicted molar refractivity (Wildman–Crippen MR) is 10.8 cm³/mol. The van der Waals surface area contributed by atoms with Gasteiger partial charge < -0.3 is 5.48 Å². The zero-order chi connectivity index (χ0) is 0. The van der Waals surface area contributed by atoms with Crippen LogP contribution in [0, 0.1) is 0 Å². The van der Waals surface area contributed by atoms with Gasteiger partial charge in [0, 0.05) is 33.6 Å². The fourth-order valence-corrected chi connectivity index (χ4v) is 0. The van der Waals surface area contributed by atoms with Crippen LogP contribution in [0.15, 0.2) is 0 Å². The van der Waals surface area contributed by atoms with Crippen molar-refractivity contribution in [3.05, 3.63) is 0 Å². The molecule has 0 heterocycles. The molecule has 2 N–H and O–H groups in total. The largest absolute Gasteiger partial charge is 0 e. The van der Waals surface area contributed by atoms with Crippen LogP contribution in [-0.2, 0) is 33.6 Å². The molecule has 0 aromatic heterocycles. The molecule has 0 amide bonds. The SMILES string of the molecule is O.[LiH].[Mn].[Ni]. The van der Waals surface area contributed by atoms with Crippen LogP contribution in [0.3, 0.4) is 0 Å². The Hall–Kier alpha value is 1.57. The van der Waals surface area contributed by atoms with Crippen molar-refractivity contribution in [3.8, 4) is 0 Å². The smallest absolute Gasteiger partial charge is 0 e. The minimum Gasteiger partial charge on any atom is 0 e. The molecule has 0 aliphatic rings. The predicted octanol–water partition coefficient (Wildman–Crippen LogP) is -1.48. The number of rotatable bonds is 0. The molecule has 4 heteroatoms. The van der Waals surface area contributed by atoms with Crippen molar-refractivity contribution in [1.82, 2.24) is 0 Å². The van der Waals surface area contributed by atoms with Gasteiger partial charge in [0.05, 0.1) is 0 Å². The minimum atomic E-state index is 0. The molecule has 0 aliphatic carbocycles. The van der Waals surface area contributed by atoms with Gasteiger partial charge in [-0.15, -0.1) is 0 Å². The topological polar surface area (TPSA) is 31.5 Å². The third-order valence-corrected chi connectivity index (χ3v) is 0. The molecule has 0 aromatic carbocycles. The fourth-order valence-electron chi connectivity index (χ4n) is 0. The van der Waals surface area contributed by atoms with Crippen LogP contribution in [-0.4, -0.2) is 24.3 Å². The van der Waals surface area contributed by atoms with Gasteiger partial charge in [0.15, 0.2) is 0 Å². The van der Waals surface area contributed by atoms with Crippen LogP contribution in [0.1, 0.15) is 0 Å². The van der Waals surface area contributed by atoms with Gasteiger partial charge in [0.1, 0.15) is 0 Å². The first-order valence-corrected chi connectivity index (χ1v) is 0. The van der Waals surface area contributed by atoms with Crippen molar-refractivity contribution in [2.24, 2.45) is 0 Å². The maximum absolute atomic E-state index is 0. The quantitative estimate of drug-likeness (QED) is 0.367. The minimum absolute atomic E-state index is 0. The average Bonchev–Trinajstić information content (AvgIpc) is 0. The summed E-state index contributed by atoms with van der Waals surface area (Å²) in [6, 6.07) is 0. The summed E-state index contributed by atoms with van der Waals surface area (Å²) in [5.41, 5.74) is 0. The van der Waals surface area contributed by atoms with Crippen molar-refractivity contribution >= 4 is 18.9 Å². The van der Waals surface area contributed by atoms with E-state index in [1.54, 1.807) is 0 Å². The molecule has 0 aliphatic heterocycles. The Bertz CT molecular complexity index is 8.00. The maximum Gasteiger partial charge on any atom is 0 e. The van der Waals surface area contributed by atoms with Gasteiger partial charge in [0.25, 0.3) is 0 Å². The van der Waals surface area contributed by atoms with Crippen molar-refractivity contribution in [1.29, 1.82) is 0 Å². The summed E-state index contributed by atoms with van der Waals surface area (Å²) in [6.45, 7) is 0. The summed E-state index contributed by atoms with van der Waals surface area (Å²) >= 11 is 0. The van der Waals surface area contributed by atoms with Crippen LogP contribution in [0.4, 0.5) is 0 Å². The second-order valence-corrected chi connectivity index (χ2v) is 0. The van der Waals surface area contributed by atoms with E-state index in [0.717, 1.165) is 0 Å². The Morgan fingerprint density at radius 2 is 1.00 bits per heavy atom. The second-order valence-electron chi connectivity index (χ2n) is 0. The Morgan fingerprint density at radius 1 is 1.00 bits per heavy atom. The zero-order valence-electron chi connectivity index (χ0n) is 1.19. The Kier molecular flexibility index (Phi) is 279. The fraction of sp³-hybridized carbons (Fsp3) is 0. The summed E-state index contributed by atoms with van der Waals surface area (Å²) in [5.74, 6) is 0.